The zero-order valence-electron chi connectivity index (χ0n) is 18.1. The van der Waals surface area contributed by atoms with Crippen molar-refractivity contribution in [1.82, 2.24) is 16.0 Å². The molecule has 0 fully saturated rings. The molecule has 0 rings (SSSR count). The highest BCUT2D eigenvalue weighted by atomic mass is 16.4. The van der Waals surface area contributed by atoms with Gasteiger partial charge in [0.2, 0.25) is 23.6 Å². The van der Waals surface area contributed by atoms with E-state index < -0.39 is 84.5 Å². The average molecular weight is 475 g/mol. The van der Waals surface area contributed by atoms with Crippen LogP contribution in [0.2, 0.25) is 0 Å². The van der Waals surface area contributed by atoms with Crippen LogP contribution in [0.25, 0.3) is 0 Å². The Morgan fingerprint density at radius 3 is 1.70 bits per heavy atom. The molecule has 186 valence electrons. The van der Waals surface area contributed by atoms with E-state index in [1.807, 2.05) is 5.32 Å². The zero-order valence-corrected chi connectivity index (χ0v) is 18.1. The summed E-state index contributed by atoms with van der Waals surface area (Å²) in [4.78, 5) is 81.3. The predicted octanol–water partition coefficient (Wildman–Crippen LogP) is -3.28. The second-order valence-electron chi connectivity index (χ2n) is 7.50. The number of hydrogen-bond donors (Lipinski definition) is 8. The van der Waals surface area contributed by atoms with Gasteiger partial charge < -0.3 is 42.7 Å². The van der Waals surface area contributed by atoms with Crippen LogP contribution in [-0.4, -0.2) is 81.0 Å². The number of amides is 4. The molecule has 10 N–H and O–H groups in total. The van der Waals surface area contributed by atoms with Crippen molar-refractivity contribution >= 4 is 41.5 Å². The maximum Gasteiger partial charge on any atom is 0.326 e. The van der Waals surface area contributed by atoms with E-state index in [2.05, 4.69) is 10.6 Å². The first-order valence-electron chi connectivity index (χ1n) is 9.77. The smallest absolute Gasteiger partial charge is 0.326 e. The van der Waals surface area contributed by atoms with Gasteiger partial charge in [0.25, 0.3) is 0 Å². The van der Waals surface area contributed by atoms with E-state index in [0.717, 1.165) is 0 Å². The van der Waals surface area contributed by atoms with Crippen LogP contribution < -0.4 is 27.4 Å². The molecule has 0 aromatic rings. The Kier molecular flexibility index (Phi) is 12.1. The Balaban J connectivity index is 5.47. The molecule has 0 heterocycles. The molecule has 4 amide bonds. The molecule has 4 atom stereocenters. The minimum atomic E-state index is -1.73. The maximum absolute atomic E-state index is 12.7. The summed E-state index contributed by atoms with van der Waals surface area (Å²) in [6.45, 7) is 3.04. The lowest BCUT2D eigenvalue weighted by Gasteiger charge is -2.26. The van der Waals surface area contributed by atoms with E-state index in [0.29, 0.717) is 0 Å². The van der Waals surface area contributed by atoms with Gasteiger partial charge >= 0.3 is 17.9 Å². The second kappa shape index (κ2) is 13.6. The minimum absolute atomic E-state index is 0.365. The Bertz CT molecular complexity index is 785. The number of primary amides is 1. The number of nitrogens with one attached hydrogen (secondary N) is 3. The van der Waals surface area contributed by atoms with Crippen LogP contribution in [0.15, 0.2) is 0 Å². The molecule has 0 aromatic heterocycles. The monoisotopic (exact) mass is 475 g/mol. The van der Waals surface area contributed by atoms with Gasteiger partial charge in [0.15, 0.2) is 0 Å². The molecule has 0 spiro atoms. The number of carboxylic acids is 3. The van der Waals surface area contributed by atoms with Gasteiger partial charge in [-0.2, -0.15) is 0 Å². The van der Waals surface area contributed by atoms with Crippen LogP contribution in [0.5, 0.6) is 0 Å². The summed E-state index contributed by atoms with van der Waals surface area (Å²) in [5.74, 6) is -8.83. The van der Waals surface area contributed by atoms with Crippen molar-refractivity contribution in [2.75, 3.05) is 0 Å². The Morgan fingerprint density at radius 1 is 0.758 bits per heavy atom. The highest BCUT2D eigenvalue weighted by Crippen LogP contribution is 2.06. The standard InChI is InChI=1S/C18H29N5O10/c1-7(2)14(23-15(29)8(19)5-12(25)26)17(31)22-10(6-13(27)28)16(30)21-9(18(32)33)3-4-11(20)24/h7-10,14H,3-6,19H2,1-2H3,(H2,20,24)(H,21,30)(H,22,31)(H,23,29)(H,25,26)(H,27,28)(H,32,33). The lowest BCUT2D eigenvalue weighted by molar-refractivity contribution is -0.144. The molecule has 0 saturated heterocycles. The molecule has 15 nitrogen and oxygen atoms in total. The summed E-state index contributed by atoms with van der Waals surface area (Å²) >= 11 is 0. The summed E-state index contributed by atoms with van der Waals surface area (Å²) < 4.78 is 0. The van der Waals surface area contributed by atoms with Gasteiger partial charge in [-0.05, 0) is 12.3 Å². The van der Waals surface area contributed by atoms with E-state index in [-0.39, 0.29) is 12.8 Å². The van der Waals surface area contributed by atoms with Crippen molar-refractivity contribution in [3.05, 3.63) is 0 Å². The summed E-state index contributed by atoms with van der Waals surface area (Å²) in [7, 11) is 0. The molecular formula is C18H29N5O10. The maximum atomic E-state index is 12.7. The molecule has 15 heteroatoms. The van der Waals surface area contributed by atoms with Crippen molar-refractivity contribution in [2.24, 2.45) is 17.4 Å². The third-order valence-electron chi connectivity index (χ3n) is 4.28. The van der Waals surface area contributed by atoms with Crippen molar-refractivity contribution in [1.29, 1.82) is 0 Å². The van der Waals surface area contributed by atoms with Crippen molar-refractivity contribution in [3.63, 3.8) is 0 Å². The number of hydrogen-bond acceptors (Lipinski definition) is 8. The van der Waals surface area contributed by atoms with Gasteiger partial charge in [-0.25, -0.2) is 4.79 Å². The van der Waals surface area contributed by atoms with Gasteiger partial charge in [-0.3, -0.25) is 28.8 Å². The highest BCUT2D eigenvalue weighted by Gasteiger charge is 2.33. The van der Waals surface area contributed by atoms with Gasteiger partial charge in [0, 0.05) is 6.42 Å². The summed E-state index contributed by atoms with van der Waals surface area (Å²) in [5.41, 5.74) is 10.4. The third kappa shape index (κ3) is 11.4. The van der Waals surface area contributed by atoms with Gasteiger partial charge in [0.05, 0.1) is 18.9 Å². The summed E-state index contributed by atoms with van der Waals surface area (Å²) in [5, 5.41) is 33.4. The molecule has 0 aliphatic carbocycles. The molecule has 33 heavy (non-hydrogen) atoms. The van der Waals surface area contributed by atoms with E-state index in [1.165, 1.54) is 13.8 Å². The first-order valence-corrected chi connectivity index (χ1v) is 9.77. The van der Waals surface area contributed by atoms with Crippen molar-refractivity contribution in [3.8, 4) is 0 Å². The van der Waals surface area contributed by atoms with Crippen LogP contribution in [0.1, 0.15) is 39.5 Å². The molecule has 4 unspecified atom stereocenters. The molecule has 0 radical (unpaired) electrons. The number of carboxylic acid groups (broad SMARTS) is 3. The van der Waals surface area contributed by atoms with Crippen molar-refractivity contribution < 1.29 is 48.9 Å². The van der Waals surface area contributed by atoms with Crippen molar-refractivity contribution in [2.45, 2.75) is 63.7 Å². The number of carbonyl (C=O) groups excluding carboxylic acids is 4. The first-order chi connectivity index (χ1) is 15.1. The normalized spacial score (nSPS) is 14.3. The minimum Gasteiger partial charge on any atom is -0.481 e. The molecule has 0 aromatic carbocycles. The highest BCUT2D eigenvalue weighted by molar-refractivity contribution is 5.96. The van der Waals surface area contributed by atoms with E-state index in [1.54, 1.807) is 0 Å². The summed E-state index contributed by atoms with van der Waals surface area (Å²) in [6.07, 6.45) is -2.36. The lowest BCUT2D eigenvalue weighted by atomic mass is 10.0. The Morgan fingerprint density at radius 2 is 1.27 bits per heavy atom. The molecule has 0 bridgehead atoms. The SMILES string of the molecule is CC(C)C(NC(=O)C(N)CC(=O)O)C(=O)NC(CC(=O)O)C(=O)NC(CCC(N)=O)C(=O)O. The fourth-order valence-corrected chi connectivity index (χ4v) is 2.54. The number of aliphatic carboxylic acids is 3. The fraction of sp³-hybridized carbons (Fsp3) is 0.611. The predicted molar refractivity (Wildman–Crippen MR) is 109 cm³/mol. The number of rotatable bonds is 15. The number of nitrogens with two attached hydrogens (primary N) is 2. The van der Waals surface area contributed by atoms with Gasteiger partial charge in [-0.1, -0.05) is 13.8 Å². The van der Waals surface area contributed by atoms with E-state index in [9.17, 15) is 38.7 Å². The fourth-order valence-electron chi connectivity index (χ4n) is 2.54. The molecule has 0 aliphatic rings. The van der Waals surface area contributed by atoms with Gasteiger partial charge in [-0.15, -0.1) is 0 Å². The number of carbonyl (C=O) groups is 7. The second-order valence-corrected chi connectivity index (χ2v) is 7.50. The Labute approximate surface area is 188 Å². The Hall–Kier alpha value is -3.75. The quantitative estimate of drug-likeness (QED) is 0.116. The van der Waals surface area contributed by atoms with Gasteiger partial charge in [0.1, 0.15) is 18.1 Å². The summed E-state index contributed by atoms with van der Waals surface area (Å²) in [6, 6.07) is -6.08. The van der Waals surface area contributed by atoms with Crippen LogP contribution in [-0.2, 0) is 33.6 Å². The molecule has 0 saturated carbocycles. The molecule has 0 aliphatic heterocycles. The van der Waals surface area contributed by atoms with E-state index in [4.69, 9.17) is 21.7 Å². The average Bonchev–Trinajstić information content (AvgIpc) is 2.66. The third-order valence-corrected chi connectivity index (χ3v) is 4.28. The van der Waals surface area contributed by atoms with Crippen LogP contribution >= 0.6 is 0 Å². The zero-order chi connectivity index (χ0) is 25.9. The van der Waals surface area contributed by atoms with E-state index >= 15 is 0 Å². The first kappa shape index (κ1) is 29.2. The lowest BCUT2D eigenvalue weighted by Crippen LogP contribution is -2.58. The molecular weight excluding hydrogens is 446 g/mol. The van der Waals surface area contributed by atoms with Crippen LogP contribution in [0.4, 0.5) is 0 Å². The van der Waals surface area contributed by atoms with Crippen LogP contribution in [0.3, 0.4) is 0 Å². The largest absolute Gasteiger partial charge is 0.481 e. The van der Waals surface area contributed by atoms with Crippen LogP contribution in [0, 0.1) is 5.92 Å². The topological polar surface area (TPSA) is 268 Å².